The van der Waals surface area contributed by atoms with Crippen molar-refractivity contribution < 1.29 is 5.21 Å². The number of nitrogens with two attached hydrogens (primary N) is 1. The van der Waals surface area contributed by atoms with E-state index in [1.54, 1.807) is 12.1 Å². The lowest BCUT2D eigenvalue weighted by Crippen LogP contribution is -2.19. The Morgan fingerprint density at radius 1 is 1.67 bits per heavy atom. The van der Waals surface area contributed by atoms with E-state index < -0.39 is 0 Å². The van der Waals surface area contributed by atoms with Crippen LogP contribution in [-0.4, -0.2) is 9.94 Å². The molecule has 4 nitrogen and oxygen atoms in total. The van der Waals surface area contributed by atoms with Crippen molar-refractivity contribution in [3.8, 4) is 0 Å². The van der Waals surface area contributed by atoms with E-state index in [4.69, 9.17) is 16.4 Å². The molecular weight excluding hydrogens is 118 g/mol. The normalized spacial score (nSPS) is 9.33. The number of nitrogens with zero attached hydrogens (tertiary/aromatic N) is 1. The monoisotopic (exact) mass is 125 g/mol. The molecule has 0 spiro atoms. The van der Waals surface area contributed by atoms with E-state index in [0.29, 0.717) is 4.73 Å². The third kappa shape index (κ3) is 0.861. The molecule has 0 aliphatic heterocycles. The Hall–Kier alpha value is -1.45. The second kappa shape index (κ2) is 1.81. The van der Waals surface area contributed by atoms with Gasteiger partial charge in [-0.05, 0) is 12.1 Å². The first-order valence-electron chi connectivity index (χ1n) is 2.43. The van der Waals surface area contributed by atoms with Gasteiger partial charge in [0.2, 0.25) is 0 Å². The first kappa shape index (κ1) is 5.68. The van der Waals surface area contributed by atoms with Crippen molar-refractivity contribution in [2.24, 2.45) is 0 Å². The average Bonchev–Trinajstić information content (AvgIpc) is 1.83. The van der Waals surface area contributed by atoms with Gasteiger partial charge in [-0.3, -0.25) is 5.41 Å². The van der Waals surface area contributed by atoms with Crippen LogP contribution in [0.2, 0.25) is 0 Å². The zero-order valence-corrected chi connectivity index (χ0v) is 4.70. The minimum atomic E-state index is -0.0856. The highest BCUT2D eigenvalue weighted by atomic mass is 16.5. The summed E-state index contributed by atoms with van der Waals surface area (Å²) in [4.78, 5) is 0. The van der Waals surface area contributed by atoms with Crippen LogP contribution in [0.1, 0.15) is 0 Å². The van der Waals surface area contributed by atoms with Crippen LogP contribution in [0.4, 0.5) is 5.69 Å². The molecule has 0 saturated heterocycles. The number of hydrogen-bond acceptors (Lipinski definition) is 3. The Morgan fingerprint density at radius 2 is 2.33 bits per heavy atom. The molecule has 0 amide bonds. The van der Waals surface area contributed by atoms with E-state index in [0.717, 1.165) is 0 Å². The molecule has 1 heterocycles. The number of pyridine rings is 1. The van der Waals surface area contributed by atoms with Gasteiger partial charge in [0.1, 0.15) is 0 Å². The van der Waals surface area contributed by atoms with E-state index in [1.165, 1.54) is 6.20 Å². The van der Waals surface area contributed by atoms with Gasteiger partial charge in [-0.1, -0.05) is 0 Å². The van der Waals surface area contributed by atoms with Gasteiger partial charge < -0.3 is 10.9 Å². The maximum absolute atomic E-state index is 8.75. The van der Waals surface area contributed by atoms with Crippen molar-refractivity contribution in [2.45, 2.75) is 0 Å². The van der Waals surface area contributed by atoms with Gasteiger partial charge in [0.15, 0.2) is 5.49 Å². The van der Waals surface area contributed by atoms with Crippen molar-refractivity contribution in [3.63, 3.8) is 0 Å². The number of nitrogens with one attached hydrogen (secondary N) is 1. The molecule has 0 aromatic carbocycles. The van der Waals surface area contributed by atoms with Crippen LogP contribution in [0, 0.1) is 5.41 Å². The van der Waals surface area contributed by atoms with Gasteiger partial charge in [-0.2, -0.15) is 4.73 Å². The molecule has 0 atom stereocenters. The molecule has 0 aliphatic rings. The van der Waals surface area contributed by atoms with Crippen LogP contribution in [0.15, 0.2) is 18.3 Å². The van der Waals surface area contributed by atoms with Crippen molar-refractivity contribution >= 4 is 5.69 Å². The average molecular weight is 125 g/mol. The van der Waals surface area contributed by atoms with Crippen LogP contribution >= 0.6 is 0 Å². The van der Waals surface area contributed by atoms with Crippen molar-refractivity contribution in [1.29, 1.82) is 5.41 Å². The summed E-state index contributed by atoms with van der Waals surface area (Å²) in [6.07, 6.45) is 1.35. The summed E-state index contributed by atoms with van der Waals surface area (Å²) in [5, 5.41) is 15.8. The lowest BCUT2D eigenvalue weighted by atomic mass is 10.4. The molecule has 4 heteroatoms. The zero-order chi connectivity index (χ0) is 6.85. The third-order valence-electron chi connectivity index (χ3n) is 1.01. The van der Waals surface area contributed by atoms with E-state index in [9.17, 15) is 0 Å². The quantitative estimate of drug-likeness (QED) is 0.419. The van der Waals surface area contributed by atoms with Gasteiger partial charge in [0.25, 0.3) is 0 Å². The van der Waals surface area contributed by atoms with Crippen LogP contribution < -0.4 is 11.2 Å². The topological polar surface area (TPSA) is 75.0 Å². The standard InChI is InChI=1S/C5H7N3O/c6-4-2-1-3-8(9)5(4)7/h1-3,7,9H,6H2. The Balaban J connectivity index is 3.43. The first-order valence-corrected chi connectivity index (χ1v) is 2.43. The van der Waals surface area contributed by atoms with E-state index in [2.05, 4.69) is 0 Å². The summed E-state index contributed by atoms with van der Waals surface area (Å²) >= 11 is 0. The lowest BCUT2D eigenvalue weighted by molar-refractivity contribution is 0.171. The number of anilines is 1. The van der Waals surface area contributed by atoms with Gasteiger partial charge in [0.05, 0.1) is 5.69 Å². The van der Waals surface area contributed by atoms with Crippen LogP contribution in [0.25, 0.3) is 0 Å². The lowest BCUT2D eigenvalue weighted by Gasteiger charge is -1.96. The number of rotatable bonds is 0. The fraction of sp³-hybridized carbons (Fsp3) is 0. The molecule has 1 rings (SSSR count). The molecule has 0 fully saturated rings. The summed E-state index contributed by atoms with van der Waals surface area (Å²) in [5.74, 6) is 0. The molecule has 0 radical (unpaired) electrons. The van der Waals surface area contributed by atoms with Crippen molar-refractivity contribution in [2.75, 3.05) is 5.73 Å². The second-order valence-corrected chi connectivity index (χ2v) is 1.66. The van der Waals surface area contributed by atoms with Crippen LogP contribution in [0.5, 0.6) is 0 Å². The number of hydrogen-bond donors (Lipinski definition) is 3. The summed E-state index contributed by atoms with van der Waals surface area (Å²) in [7, 11) is 0. The first-order chi connectivity index (χ1) is 4.22. The van der Waals surface area contributed by atoms with Crippen LogP contribution in [-0.2, 0) is 0 Å². The van der Waals surface area contributed by atoms with Gasteiger partial charge >= 0.3 is 0 Å². The van der Waals surface area contributed by atoms with E-state index in [-0.39, 0.29) is 11.2 Å². The summed E-state index contributed by atoms with van der Waals surface area (Å²) in [6.45, 7) is 0. The van der Waals surface area contributed by atoms with E-state index >= 15 is 0 Å². The minimum Gasteiger partial charge on any atom is -0.427 e. The van der Waals surface area contributed by atoms with Gasteiger partial charge in [-0.25, -0.2) is 0 Å². The minimum absolute atomic E-state index is 0.0856. The van der Waals surface area contributed by atoms with E-state index in [1.807, 2.05) is 0 Å². The van der Waals surface area contributed by atoms with Gasteiger partial charge in [0, 0.05) is 6.20 Å². The number of aromatic nitrogens is 1. The van der Waals surface area contributed by atoms with Crippen molar-refractivity contribution in [1.82, 2.24) is 4.73 Å². The highest BCUT2D eigenvalue weighted by molar-refractivity contribution is 5.31. The predicted octanol–water partition coefficient (Wildman–Crippen LogP) is -0.213. The Morgan fingerprint density at radius 3 is 2.78 bits per heavy atom. The summed E-state index contributed by atoms with van der Waals surface area (Å²) in [5.41, 5.74) is 5.43. The molecule has 0 aliphatic carbocycles. The highest BCUT2D eigenvalue weighted by Crippen LogP contribution is 1.87. The van der Waals surface area contributed by atoms with Crippen molar-refractivity contribution in [3.05, 3.63) is 23.8 Å². The predicted molar refractivity (Wildman–Crippen MR) is 31.9 cm³/mol. The Labute approximate surface area is 51.6 Å². The molecule has 0 saturated carbocycles. The van der Waals surface area contributed by atoms with Gasteiger partial charge in [-0.15, -0.1) is 0 Å². The molecule has 0 bridgehead atoms. The molecule has 4 N–H and O–H groups in total. The molecule has 48 valence electrons. The smallest absolute Gasteiger partial charge is 0.183 e. The molecule has 1 aromatic heterocycles. The highest BCUT2D eigenvalue weighted by Gasteiger charge is 1.88. The number of nitrogen functional groups attached to an aromatic ring is 1. The SMILES string of the molecule is N=c1c(N)cccn1O. The Kier molecular flexibility index (Phi) is 1.14. The summed E-state index contributed by atoms with van der Waals surface area (Å²) < 4.78 is 0.662. The maximum atomic E-state index is 8.75. The fourth-order valence-corrected chi connectivity index (χ4v) is 0.514. The summed E-state index contributed by atoms with van der Waals surface area (Å²) in [6, 6.07) is 3.11. The molecule has 0 unspecified atom stereocenters. The zero-order valence-electron chi connectivity index (χ0n) is 4.70. The molecular formula is C5H7N3O. The maximum Gasteiger partial charge on any atom is 0.183 e. The Bertz CT molecular complexity index is 242. The molecule has 1 aromatic rings. The third-order valence-corrected chi connectivity index (χ3v) is 1.01. The largest absolute Gasteiger partial charge is 0.427 e. The second-order valence-electron chi connectivity index (χ2n) is 1.66. The molecule has 9 heavy (non-hydrogen) atoms. The van der Waals surface area contributed by atoms with Crippen LogP contribution in [0.3, 0.4) is 0 Å². The fourth-order valence-electron chi connectivity index (χ4n) is 0.514.